The van der Waals surface area contributed by atoms with Crippen LogP contribution in [0.15, 0.2) is 24.4 Å². The molecule has 0 bridgehead atoms. The van der Waals surface area contributed by atoms with Crippen molar-refractivity contribution >= 4 is 11.6 Å². The first-order valence-corrected chi connectivity index (χ1v) is 5.28. The average molecular weight is 240 g/mol. The number of nitrogens with one attached hydrogen (secondary N) is 1. The van der Waals surface area contributed by atoms with Crippen LogP contribution >= 0.6 is 11.6 Å². The van der Waals surface area contributed by atoms with E-state index in [-0.39, 0.29) is 5.82 Å². The topological polar surface area (TPSA) is 54.7 Å². The Morgan fingerprint density at radius 3 is 2.94 bits per heavy atom. The summed E-state index contributed by atoms with van der Waals surface area (Å²) in [5, 5.41) is 0.341. The fraction of sp³-hybridized carbons (Fsp3) is 0.182. The van der Waals surface area contributed by atoms with E-state index in [1.54, 1.807) is 18.3 Å². The smallest absolute Gasteiger partial charge is 0.141 e. The molecule has 0 saturated heterocycles. The van der Waals surface area contributed by atoms with E-state index in [9.17, 15) is 4.39 Å². The molecule has 16 heavy (non-hydrogen) atoms. The Bertz CT molecular complexity index is 475. The molecule has 0 radical (unpaired) electrons. The normalized spacial score (nSPS) is 10.7. The number of nitrogens with zero attached hydrogens (tertiary/aromatic N) is 1. The maximum absolute atomic E-state index is 13.6. The van der Waals surface area contributed by atoms with Crippen LogP contribution < -0.4 is 5.73 Å². The van der Waals surface area contributed by atoms with Crippen molar-refractivity contribution in [3.05, 3.63) is 40.9 Å². The highest BCUT2D eigenvalue weighted by Crippen LogP contribution is 2.28. The zero-order chi connectivity index (χ0) is 11.5. The molecule has 2 aromatic rings. The van der Waals surface area contributed by atoms with Crippen LogP contribution in [0.25, 0.3) is 11.4 Å². The number of nitrogens with two attached hydrogens (primary N) is 1. The molecule has 0 amide bonds. The Balaban J connectivity index is 2.42. The molecule has 3 N–H and O–H groups in total. The first-order chi connectivity index (χ1) is 7.72. The van der Waals surface area contributed by atoms with Gasteiger partial charge >= 0.3 is 0 Å². The quantitative estimate of drug-likeness (QED) is 0.864. The molecule has 2 rings (SSSR count). The summed E-state index contributed by atoms with van der Waals surface area (Å²) < 4.78 is 13.6. The van der Waals surface area contributed by atoms with Crippen LogP contribution in [0.2, 0.25) is 5.02 Å². The summed E-state index contributed by atoms with van der Waals surface area (Å²) in [5.74, 6) is 0.0488. The van der Waals surface area contributed by atoms with Crippen LogP contribution in [-0.2, 0) is 6.42 Å². The number of aromatic amines is 1. The fourth-order valence-corrected chi connectivity index (χ4v) is 1.75. The second-order valence-electron chi connectivity index (χ2n) is 3.39. The van der Waals surface area contributed by atoms with E-state index >= 15 is 0 Å². The summed E-state index contributed by atoms with van der Waals surface area (Å²) in [4.78, 5) is 7.09. The minimum absolute atomic E-state index is 0.299. The van der Waals surface area contributed by atoms with E-state index < -0.39 is 0 Å². The van der Waals surface area contributed by atoms with Gasteiger partial charge in [-0.2, -0.15) is 0 Å². The Hall–Kier alpha value is -1.39. The van der Waals surface area contributed by atoms with Crippen molar-refractivity contribution < 1.29 is 4.39 Å². The van der Waals surface area contributed by atoms with Gasteiger partial charge in [0.05, 0.1) is 10.6 Å². The zero-order valence-corrected chi connectivity index (χ0v) is 9.26. The second kappa shape index (κ2) is 4.63. The van der Waals surface area contributed by atoms with Crippen LogP contribution in [0.5, 0.6) is 0 Å². The number of benzene rings is 1. The van der Waals surface area contributed by atoms with Crippen LogP contribution in [-0.4, -0.2) is 16.5 Å². The van der Waals surface area contributed by atoms with E-state index in [2.05, 4.69) is 9.97 Å². The number of aromatic nitrogens is 2. The number of halogens is 2. The van der Waals surface area contributed by atoms with Crippen molar-refractivity contribution in [1.29, 1.82) is 0 Å². The number of rotatable bonds is 3. The molecule has 0 fully saturated rings. The van der Waals surface area contributed by atoms with Gasteiger partial charge in [0.25, 0.3) is 0 Å². The highest BCUT2D eigenvalue weighted by atomic mass is 35.5. The van der Waals surface area contributed by atoms with E-state index in [1.165, 1.54) is 6.07 Å². The lowest BCUT2D eigenvalue weighted by atomic mass is 10.2. The van der Waals surface area contributed by atoms with Gasteiger partial charge in [0.15, 0.2) is 0 Å². The first kappa shape index (κ1) is 11.1. The van der Waals surface area contributed by atoms with Gasteiger partial charge in [-0.3, -0.25) is 0 Å². The van der Waals surface area contributed by atoms with Gasteiger partial charge in [0.2, 0.25) is 0 Å². The summed E-state index contributed by atoms with van der Waals surface area (Å²) in [6, 6.07) is 4.54. The Morgan fingerprint density at radius 1 is 1.44 bits per heavy atom. The predicted molar refractivity (Wildman–Crippen MR) is 61.8 cm³/mol. The maximum atomic E-state index is 13.6. The molecule has 3 nitrogen and oxygen atoms in total. The second-order valence-corrected chi connectivity index (χ2v) is 3.80. The molecule has 0 saturated carbocycles. The fourth-order valence-electron chi connectivity index (χ4n) is 1.49. The first-order valence-electron chi connectivity index (χ1n) is 4.90. The van der Waals surface area contributed by atoms with Gasteiger partial charge in [0, 0.05) is 18.3 Å². The van der Waals surface area contributed by atoms with Gasteiger partial charge in [-0.25, -0.2) is 9.37 Å². The Morgan fingerprint density at radius 2 is 2.25 bits per heavy atom. The predicted octanol–water partition coefficient (Wildman–Crippen LogP) is 2.37. The lowest BCUT2D eigenvalue weighted by Gasteiger charge is -2.01. The van der Waals surface area contributed by atoms with Gasteiger partial charge in [-0.15, -0.1) is 0 Å². The third-order valence-corrected chi connectivity index (χ3v) is 2.56. The van der Waals surface area contributed by atoms with Gasteiger partial charge in [-0.1, -0.05) is 17.7 Å². The molecule has 0 aliphatic rings. The van der Waals surface area contributed by atoms with E-state index in [1.807, 2.05) is 0 Å². The van der Waals surface area contributed by atoms with Crippen LogP contribution in [0.1, 0.15) is 5.69 Å². The van der Waals surface area contributed by atoms with Crippen LogP contribution in [0.4, 0.5) is 4.39 Å². The average Bonchev–Trinajstić information content (AvgIpc) is 2.67. The van der Waals surface area contributed by atoms with Gasteiger partial charge < -0.3 is 10.7 Å². The van der Waals surface area contributed by atoms with Crippen LogP contribution in [0, 0.1) is 5.82 Å². The largest absolute Gasteiger partial charge is 0.342 e. The monoisotopic (exact) mass is 239 g/mol. The molecule has 0 atom stereocenters. The number of H-pyrrole nitrogens is 1. The molecule has 84 valence electrons. The summed E-state index contributed by atoms with van der Waals surface area (Å²) in [6.07, 6.45) is 2.32. The summed E-state index contributed by atoms with van der Waals surface area (Å²) in [6.45, 7) is 0.520. The standard InChI is InChI=1S/C11H11ClFN3/c12-8-2-1-3-9(13)10(8)11-15-6-7(16-11)4-5-14/h1-3,6H,4-5,14H2,(H,15,16). The minimum atomic E-state index is -0.388. The number of imidazole rings is 1. The Labute approximate surface area is 97.5 Å². The third-order valence-electron chi connectivity index (χ3n) is 2.24. The number of hydrogen-bond acceptors (Lipinski definition) is 2. The molecule has 0 aliphatic carbocycles. The highest BCUT2D eigenvalue weighted by molar-refractivity contribution is 6.33. The lowest BCUT2D eigenvalue weighted by Crippen LogP contribution is -2.02. The van der Waals surface area contributed by atoms with Crippen molar-refractivity contribution in [3.8, 4) is 11.4 Å². The number of hydrogen-bond donors (Lipinski definition) is 2. The zero-order valence-electron chi connectivity index (χ0n) is 8.50. The minimum Gasteiger partial charge on any atom is -0.342 e. The van der Waals surface area contributed by atoms with Crippen LogP contribution in [0.3, 0.4) is 0 Å². The van der Waals surface area contributed by atoms with E-state index in [4.69, 9.17) is 17.3 Å². The van der Waals surface area contributed by atoms with Crippen molar-refractivity contribution in [2.75, 3.05) is 6.54 Å². The molecular formula is C11H11ClFN3. The van der Waals surface area contributed by atoms with Crippen molar-refractivity contribution in [2.24, 2.45) is 5.73 Å². The van der Waals surface area contributed by atoms with Crippen molar-refractivity contribution in [1.82, 2.24) is 9.97 Å². The molecule has 1 aromatic heterocycles. The summed E-state index contributed by atoms with van der Waals surface area (Å²) in [5.41, 5.74) is 6.59. The highest BCUT2D eigenvalue weighted by Gasteiger charge is 2.12. The maximum Gasteiger partial charge on any atom is 0.141 e. The van der Waals surface area contributed by atoms with Gasteiger partial charge in [0.1, 0.15) is 11.6 Å². The molecule has 0 spiro atoms. The molecule has 1 aromatic carbocycles. The molecule has 0 aliphatic heterocycles. The molecular weight excluding hydrogens is 229 g/mol. The molecule has 0 unspecified atom stereocenters. The lowest BCUT2D eigenvalue weighted by molar-refractivity contribution is 0.630. The van der Waals surface area contributed by atoms with Crippen molar-refractivity contribution in [3.63, 3.8) is 0 Å². The molecule has 1 heterocycles. The van der Waals surface area contributed by atoms with Gasteiger partial charge in [-0.05, 0) is 18.7 Å². The summed E-state index contributed by atoms with van der Waals surface area (Å²) >= 11 is 5.93. The Kier molecular flexibility index (Phi) is 3.22. The van der Waals surface area contributed by atoms with E-state index in [0.717, 1.165) is 5.69 Å². The SMILES string of the molecule is NCCc1cnc(-c2c(F)cccc2Cl)[nH]1. The summed E-state index contributed by atoms with van der Waals surface area (Å²) in [7, 11) is 0. The third kappa shape index (κ3) is 2.08. The van der Waals surface area contributed by atoms with Crippen molar-refractivity contribution in [2.45, 2.75) is 6.42 Å². The molecule has 5 heteroatoms. The van der Waals surface area contributed by atoms with E-state index in [0.29, 0.717) is 29.4 Å².